The molecule has 3 fully saturated rings. The molecular weight excluding hydrogens is 490 g/mol. The highest BCUT2D eigenvalue weighted by atomic mass is 32.1. The van der Waals surface area contributed by atoms with E-state index in [9.17, 15) is 14.4 Å². The molecule has 4 N–H and O–H groups in total. The summed E-state index contributed by atoms with van der Waals surface area (Å²) >= 11 is 1.05. The monoisotopic (exact) mass is 525 g/mol. The van der Waals surface area contributed by atoms with E-state index in [1.54, 1.807) is 13.0 Å². The predicted molar refractivity (Wildman–Crippen MR) is 143 cm³/mol. The van der Waals surface area contributed by atoms with Crippen LogP contribution in [0, 0.1) is 12.8 Å². The van der Waals surface area contributed by atoms with Gasteiger partial charge in [0.05, 0.1) is 17.1 Å². The maximum absolute atomic E-state index is 13.1. The Bertz CT molecular complexity index is 1160. The van der Waals surface area contributed by atoms with Crippen LogP contribution in [0.1, 0.15) is 70.7 Å². The smallest absolute Gasteiger partial charge is 0.269 e. The van der Waals surface area contributed by atoms with Gasteiger partial charge in [-0.1, -0.05) is 4.49 Å². The minimum absolute atomic E-state index is 0.108. The summed E-state index contributed by atoms with van der Waals surface area (Å²) in [5.74, 6) is 0.0118. The summed E-state index contributed by atoms with van der Waals surface area (Å²) in [6.45, 7) is 4.56. The molecule has 3 amide bonds. The number of benzene rings is 1. The van der Waals surface area contributed by atoms with Crippen molar-refractivity contribution in [1.29, 1.82) is 0 Å². The third-order valence-corrected chi connectivity index (χ3v) is 8.37. The van der Waals surface area contributed by atoms with Gasteiger partial charge in [0.1, 0.15) is 4.88 Å². The number of hydrogen-bond donors (Lipinski definition) is 3. The van der Waals surface area contributed by atoms with Crippen LogP contribution in [0.25, 0.3) is 0 Å². The lowest BCUT2D eigenvalue weighted by molar-refractivity contribution is -0.132. The van der Waals surface area contributed by atoms with Gasteiger partial charge in [0.25, 0.3) is 11.8 Å². The molecule has 0 spiro atoms. The van der Waals surface area contributed by atoms with Gasteiger partial charge in [0.15, 0.2) is 0 Å². The second kappa shape index (κ2) is 11.1. The lowest BCUT2D eigenvalue weighted by Crippen LogP contribution is -2.40. The standard InChI is InChI=1S/C26H35N7O3S/c1-16-23(37-31-30-16)25(35)29-21-15-18(24(34)28-20-8-6-19(27)7-9-20)5-10-22(21)32-11-2-12-33(14-13-32)26(36)17-3-4-17/h5,10,15,17,19-20H,2-4,6-9,11-14,27H2,1H3,(H,28,34)(H,29,35). The van der Waals surface area contributed by atoms with Crippen molar-refractivity contribution >= 4 is 40.6 Å². The number of nitrogens with zero attached hydrogens (tertiary/aromatic N) is 4. The number of anilines is 2. The van der Waals surface area contributed by atoms with E-state index >= 15 is 0 Å². The first-order chi connectivity index (χ1) is 17.9. The van der Waals surface area contributed by atoms with Crippen molar-refractivity contribution in [1.82, 2.24) is 19.8 Å². The average Bonchev–Trinajstić information content (AvgIpc) is 3.69. The molecule has 1 saturated heterocycles. The number of nitrogens with two attached hydrogens (primary N) is 1. The van der Waals surface area contributed by atoms with Gasteiger partial charge < -0.3 is 26.2 Å². The van der Waals surface area contributed by atoms with Crippen LogP contribution in [0.3, 0.4) is 0 Å². The molecule has 10 nitrogen and oxygen atoms in total. The number of aromatic nitrogens is 2. The Morgan fingerprint density at radius 3 is 2.49 bits per heavy atom. The van der Waals surface area contributed by atoms with E-state index in [-0.39, 0.29) is 35.7 Å². The molecule has 198 valence electrons. The normalized spacial score (nSPS) is 22.3. The average molecular weight is 526 g/mol. The van der Waals surface area contributed by atoms with Crippen LogP contribution in [-0.2, 0) is 4.79 Å². The minimum atomic E-state index is -0.298. The first-order valence-corrected chi connectivity index (χ1v) is 14.0. The molecule has 0 atom stereocenters. The Kier molecular flexibility index (Phi) is 7.71. The van der Waals surface area contributed by atoms with E-state index in [1.165, 1.54) is 0 Å². The molecule has 2 aliphatic carbocycles. The highest BCUT2D eigenvalue weighted by Crippen LogP contribution is 2.33. The summed E-state index contributed by atoms with van der Waals surface area (Å²) in [4.78, 5) is 43.4. The zero-order valence-corrected chi connectivity index (χ0v) is 22.1. The van der Waals surface area contributed by atoms with E-state index < -0.39 is 0 Å². The summed E-state index contributed by atoms with van der Waals surface area (Å²) < 4.78 is 3.88. The molecule has 5 rings (SSSR count). The van der Waals surface area contributed by atoms with Gasteiger partial charge in [-0.25, -0.2) is 0 Å². The molecule has 0 bridgehead atoms. The van der Waals surface area contributed by atoms with Gasteiger partial charge in [-0.05, 0) is 81.6 Å². The molecule has 3 aliphatic rings. The summed E-state index contributed by atoms with van der Waals surface area (Å²) in [5, 5.41) is 10.1. The van der Waals surface area contributed by atoms with Gasteiger partial charge in [0.2, 0.25) is 5.91 Å². The predicted octanol–water partition coefficient (Wildman–Crippen LogP) is 2.55. The Balaban J connectivity index is 1.36. The fraction of sp³-hybridized carbons (Fsp3) is 0.577. The van der Waals surface area contributed by atoms with Crippen molar-refractivity contribution in [2.24, 2.45) is 11.7 Å². The lowest BCUT2D eigenvalue weighted by atomic mass is 9.91. The molecule has 1 aromatic carbocycles. The summed E-state index contributed by atoms with van der Waals surface area (Å²) in [5.41, 5.74) is 8.48. The quantitative estimate of drug-likeness (QED) is 0.528. The largest absolute Gasteiger partial charge is 0.368 e. The van der Waals surface area contributed by atoms with Crippen LogP contribution in [0.5, 0.6) is 0 Å². The highest BCUT2D eigenvalue weighted by Gasteiger charge is 2.34. The molecule has 37 heavy (non-hydrogen) atoms. The minimum Gasteiger partial charge on any atom is -0.368 e. The molecule has 2 aromatic rings. The fourth-order valence-corrected chi connectivity index (χ4v) is 5.72. The number of hydrogen-bond acceptors (Lipinski definition) is 8. The third-order valence-electron chi connectivity index (χ3n) is 7.55. The van der Waals surface area contributed by atoms with Crippen molar-refractivity contribution in [3.63, 3.8) is 0 Å². The molecular formula is C26H35N7O3S. The number of amides is 3. The number of rotatable bonds is 6. The Hall–Kier alpha value is -3.05. The van der Waals surface area contributed by atoms with Crippen molar-refractivity contribution in [2.75, 3.05) is 36.4 Å². The van der Waals surface area contributed by atoms with Crippen molar-refractivity contribution in [3.8, 4) is 0 Å². The Morgan fingerprint density at radius 1 is 1.00 bits per heavy atom. The molecule has 0 unspecified atom stereocenters. The number of carbonyl (C=O) groups is 3. The number of aryl methyl sites for hydroxylation is 1. The molecule has 2 saturated carbocycles. The van der Waals surface area contributed by atoms with E-state index in [2.05, 4.69) is 25.1 Å². The van der Waals surface area contributed by atoms with Crippen LogP contribution in [0.15, 0.2) is 18.2 Å². The SMILES string of the molecule is Cc1nnsc1C(=O)Nc1cc(C(=O)NC2CCC(N)CC2)ccc1N1CCCN(C(=O)C2CC2)CC1. The number of carbonyl (C=O) groups excluding carboxylic acids is 3. The van der Waals surface area contributed by atoms with Crippen LogP contribution in [0.2, 0.25) is 0 Å². The zero-order valence-electron chi connectivity index (χ0n) is 21.2. The topological polar surface area (TPSA) is 134 Å². The summed E-state index contributed by atoms with van der Waals surface area (Å²) in [7, 11) is 0. The van der Waals surface area contributed by atoms with E-state index in [1.807, 2.05) is 17.0 Å². The second-order valence-electron chi connectivity index (χ2n) is 10.4. The van der Waals surface area contributed by atoms with Gasteiger partial charge in [-0.3, -0.25) is 14.4 Å². The summed E-state index contributed by atoms with van der Waals surface area (Å²) in [6, 6.07) is 5.78. The van der Waals surface area contributed by atoms with Crippen molar-refractivity contribution in [2.45, 2.75) is 64.0 Å². The first-order valence-electron chi connectivity index (χ1n) is 13.2. The maximum atomic E-state index is 13.1. The van der Waals surface area contributed by atoms with E-state index in [4.69, 9.17) is 5.73 Å². The molecule has 1 aromatic heterocycles. The van der Waals surface area contributed by atoms with Gasteiger partial charge >= 0.3 is 0 Å². The first kappa shape index (κ1) is 25.6. The van der Waals surface area contributed by atoms with Crippen LogP contribution >= 0.6 is 11.5 Å². The van der Waals surface area contributed by atoms with Gasteiger partial charge in [-0.15, -0.1) is 5.10 Å². The van der Waals surface area contributed by atoms with Crippen LogP contribution < -0.4 is 21.3 Å². The maximum Gasteiger partial charge on any atom is 0.269 e. The van der Waals surface area contributed by atoms with Crippen LogP contribution in [0.4, 0.5) is 11.4 Å². The molecule has 11 heteroatoms. The molecule has 2 heterocycles. The molecule has 1 aliphatic heterocycles. The van der Waals surface area contributed by atoms with Gasteiger partial charge in [-0.2, -0.15) is 0 Å². The summed E-state index contributed by atoms with van der Waals surface area (Å²) in [6.07, 6.45) is 6.39. The molecule has 0 radical (unpaired) electrons. The Labute approximate surface area is 221 Å². The number of nitrogens with one attached hydrogen (secondary N) is 2. The lowest BCUT2D eigenvalue weighted by Gasteiger charge is -2.28. The van der Waals surface area contributed by atoms with Crippen molar-refractivity contribution in [3.05, 3.63) is 34.3 Å². The van der Waals surface area contributed by atoms with Crippen molar-refractivity contribution < 1.29 is 14.4 Å². The zero-order chi connectivity index (χ0) is 25.9. The third kappa shape index (κ3) is 6.10. The fourth-order valence-electron chi connectivity index (χ4n) is 5.17. The van der Waals surface area contributed by atoms with Crippen LogP contribution in [-0.4, -0.2) is 70.5 Å². The van der Waals surface area contributed by atoms with Gasteiger partial charge in [0, 0.05) is 49.7 Å². The van der Waals surface area contributed by atoms with E-state index in [0.717, 1.165) is 75.3 Å². The Morgan fingerprint density at radius 2 is 1.78 bits per heavy atom. The van der Waals surface area contributed by atoms with E-state index in [0.29, 0.717) is 34.9 Å². The second-order valence-corrected chi connectivity index (χ2v) is 11.2. The highest BCUT2D eigenvalue weighted by molar-refractivity contribution is 7.08.